The molecule has 0 aliphatic carbocycles. The Hall–Kier alpha value is -3.96. The van der Waals surface area contributed by atoms with Crippen molar-refractivity contribution in [2.45, 2.75) is 0 Å². The van der Waals surface area contributed by atoms with Gasteiger partial charge in [0, 0.05) is 61.3 Å². The van der Waals surface area contributed by atoms with Gasteiger partial charge in [-0.25, -0.2) is 0 Å². The fourth-order valence-corrected chi connectivity index (χ4v) is 8.80. The average molecular weight is 611 g/mol. The molecule has 0 spiro atoms. The van der Waals surface area contributed by atoms with E-state index in [0.29, 0.717) is 0 Å². The molecule has 0 bridgehead atoms. The minimum Gasteiger partial charge on any atom is -0.309 e. The lowest BCUT2D eigenvalue weighted by molar-refractivity contribution is 1.18. The van der Waals surface area contributed by atoms with Crippen molar-refractivity contribution in [2.75, 3.05) is 0 Å². The molecule has 3 aromatic heterocycles. The zero-order valence-electron chi connectivity index (χ0n) is 21.2. The van der Waals surface area contributed by atoms with E-state index in [-0.39, 0.29) is 0 Å². The summed E-state index contributed by atoms with van der Waals surface area (Å²) in [6, 6.07) is 44.7. The number of hydrogen-bond donors (Lipinski definition) is 0. The van der Waals surface area contributed by atoms with Crippen molar-refractivity contribution < 1.29 is 0 Å². The first kappa shape index (κ1) is 22.8. The molecule has 0 aliphatic rings. The lowest BCUT2D eigenvalue weighted by Gasteiger charge is -2.08. The van der Waals surface area contributed by atoms with Gasteiger partial charge in [-0.1, -0.05) is 64.5 Å². The van der Waals surface area contributed by atoms with E-state index in [1.807, 2.05) is 22.7 Å². The second-order valence-electron chi connectivity index (χ2n) is 10.3. The first-order valence-corrected chi connectivity index (χ1v) is 15.7. The molecule has 188 valence electrons. The van der Waals surface area contributed by atoms with Crippen LogP contribution in [0, 0.1) is 0 Å². The van der Waals surface area contributed by atoms with E-state index in [9.17, 15) is 0 Å². The van der Waals surface area contributed by atoms with Crippen LogP contribution < -0.4 is 0 Å². The molecular weight excluding hydrogens is 590 g/mol. The Balaban J connectivity index is 1.26. The third-order valence-electron chi connectivity index (χ3n) is 8.04. The molecule has 40 heavy (non-hydrogen) atoms. The maximum absolute atomic E-state index is 3.71. The summed E-state index contributed by atoms with van der Waals surface area (Å²) in [4.78, 5) is 0. The third-order valence-corrected chi connectivity index (χ3v) is 10.8. The quantitative estimate of drug-likeness (QED) is 0.184. The topological polar surface area (TPSA) is 4.93 Å². The van der Waals surface area contributed by atoms with Crippen molar-refractivity contribution >= 4 is 101 Å². The Bertz CT molecular complexity index is 2440. The van der Waals surface area contributed by atoms with Gasteiger partial charge in [-0.2, -0.15) is 0 Å². The lowest BCUT2D eigenvalue weighted by atomic mass is 10.0. The average Bonchev–Trinajstić information content (AvgIpc) is 3.64. The van der Waals surface area contributed by atoms with Crippen LogP contribution >= 0.6 is 38.6 Å². The van der Waals surface area contributed by atoms with Gasteiger partial charge in [-0.15, -0.1) is 22.7 Å². The smallest absolute Gasteiger partial charge is 0.0541 e. The van der Waals surface area contributed by atoms with Crippen molar-refractivity contribution in [3.63, 3.8) is 0 Å². The van der Waals surface area contributed by atoms with Crippen molar-refractivity contribution in [3.05, 3.63) is 126 Å². The van der Waals surface area contributed by atoms with Crippen molar-refractivity contribution in [1.29, 1.82) is 0 Å². The Morgan fingerprint density at radius 1 is 0.425 bits per heavy atom. The molecule has 4 heteroatoms. The van der Waals surface area contributed by atoms with Crippen LogP contribution in [-0.2, 0) is 0 Å². The van der Waals surface area contributed by atoms with Crippen LogP contribution in [0.25, 0.3) is 79.0 Å². The molecule has 0 aliphatic heterocycles. The number of aromatic nitrogens is 1. The molecule has 3 heterocycles. The largest absolute Gasteiger partial charge is 0.309 e. The minimum atomic E-state index is 1.09. The van der Waals surface area contributed by atoms with E-state index in [4.69, 9.17) is 0 Å². The van der Waals surface area contributed by atoms with Gasteiger partial charge >= 0.3 is 0 Å². The molecule has 9 rings (SSSR count). The second kappa shape index (κ2) is 8.52. The summed E-state index contributed by atoms with van der Waals surface area (Å²) in [5.41, 5.74) is 6.10. The summed E-state index contributed by atoms with van der Waals surface area (Å²) in [6.45, 7) is 0. The first-order chi connectivity index (χ1) is 19.7. The van der Waals surface area contributed by atoms with Crippen LogP contribution in [-0.4, -0.2) is 4.57 Å². The predicted molar refractivity (Wildman–Crippen MR) is 180 cm³/mol. The number of fused-ring (bicyclic) bond motifs is 9. The SMILES string of the molecule is Brc1ccc2c(c1)c1cc(-c3ccc4sc5cc6c(cc5c4c3)sc3ccccc36)ccc1n2-c1ccccc1. The van der Waals surface area contributed by atoms with Crippen molar-refractivity contribution in [1.82, 2.24) is 4.57 Å². The zero-order chi connectivity index (χ0) is 26.4. The summed E-state index contributed by atoms with van der Waals surface area (Å²) in [5, 5.41) is 7.94. The standard InChI is InChI=1S/C36H20BrNS2/c37-23-12-14-32-27(18-23)26-16-21(10-13-31(26)38(32)24-6-2-1-3-7-24)22-11-15-34-28(17-22)30-20-35-29(19-36(30)40-34)25-8-4-5-9-33(25)39-35/h1-20H. The molecule has 0 amide bonds. The number of rotatable bonds is 2. The summed E-state index contributed by atoms with van der Waals surface area (Å²) in [5.74, 6) is 0. The van der Waals surface area contributed by atoms with Crippen LogP contribution in [0.4, 0.5) is 0 Å². The van der Waals surface area contributed by atoms with E-state index in [0.717, 1.165) is 4.47 Å². The highest BCUT2D eigenvalue weighted by Crippen LogP contribution is 2.43. The molecule has 0 unspecified atom stereocenters. The minimum absolute atomic E-state index is 1.09. The third kappa shape index (κ3) is 3.30. The van der Waals surface area contributed by atoms with Gasteiger partial charge in [-0.05, 0) is 83.9 Å². The van der Waals surface area contributed by atoms with E-state index in [1.165, 1.54) is 79.0 Å². The summed E-state index contributed by atoms with van der Waals surface area (Å²) >= 11 is 7.50. The fourth-order valence-electron chi connectivity index (χ4n) is 6.20. The number of halogens is 1. The summed E-state index contributed by atoms with van der Waals surface area (Å²) in [6.07, 6.45) is 0. The molecule has 9 aromatic rings. The number of thiophene rings is 2. The van der Waals surface area contributed by atoms with Crippen LogP contribution in [0.3, 0.4) is 0 Å². The van der Waals surface area contributed by atoms with Crippen LogP contribution in [0.15, 0.2) is 126 Å². The van der Waals surface area contributed by atoms with Gasteiger partial charge in [0.15, 0.2) is 0 Å². The van der Waals surface area contributed by atoms with Gasteiger partial charge in [-0.3, -0.25) is 0 Å². The number of benzene rings is 6. The van der Waals surface area contributed by atoms with E-state index in [1.54, 1.807) is 0 Å². The fraction of sp³-hybridized carbons (Fsp3) is 0. The van der Waals surface area contributed by atoms with Crippen LogP contribution in [0.1, 0.15) is 0 Å². The highest BCUT2D eigenvalue weighted by Gasteiger charge is 2.15. The highest BCUT2D eigenvalue weighted by molar-refractivity contribution is 9.10. The van der Waals surface area contributed by atoms with Crippen molar-refractivity contribution in [3.8, 4) is 16.8 Å². The van der Waals surface area contributed by atoms with Crippen LogP contribution in [0.2, 0.25) is 0 Å². The monoisotopic (exact) mass is 609 g/mol. The Morgan fingerprint density at radius 2 is 1.00 bits per heavy atom. The second-order valence-corrected chi connectivity index (χ2v) is 13.4. The molecule has 1 nitrogen and oxygen atoms in total. The Morgan fingerprint density at radius 3 is 1.80 bits per heavy atom. The zero-order valence-corrected chi connectivity index (χ0v) is 24.4. The van der Waals surface area contributed by atoms with Gasteiger partial charge in [0.2, 0.25) is 0 Å². The molecule has 6 aromatic carbocycles. The predicted octanol–water partition coefficient (Wildman–Crippen LogP) is 11.9. The maximum atomic E-state index is 3.71. The number of hydrogen-bond acceptors (Lipinski definition) is 2. The first-order valence-electron chi connectivity index (χ1n) is 13.3. The summed E-state index contributed by atoms with van der Waals surface area (Å²) in [7, 11) is 0. The number of nitrogens with zero attached hydrogens (tertiary/aromatic N) is 1. The van der Waals surface area contributed by atoms with Gasteiger partial charge < -0.3 is 4.57 Å². The summed E-state index contributed by atoms with van der Waals surface area (Å²) < 4.78 is 8.87. The maximum Gasteiger partial charge on any atom is 0.0541 e. The van der Waals surface area contributed by atoms with Gasteiger partial charge in [0.1, 0.15) is 0 Å². The van der Waals surface area contributed by atoms with E-state index < -0.39 is 0 Å². The highest BCUT2D eigenvalue weighted by atomic mass is 79.9. The van der Waals surface area contributed by atoms with Crippen LogP contribution in [0.5, 0.6) is 0 Å². The van der Waals surface area contributed by atoms with E-state index in [2.05, 4.69) is 142 Å². The molecule has 0 radical (unpaired) electrons. The molecule has 0 saturated carbocycles. The van der Waals surface area contributed by atoms with Gasteiger partial charge in [0.25, 0.3) is 0 Å². The molecule has 0 saturated heterocycles. The van der Waals surface area contributed by atoms with Gasteiger partial charge in [0.05, 0.1) is 11.0 Å². The normalized spacial score (nSPS) is 12.1. The van der Waals surface area contributed by atoms with E-state index >= 15 is 0 Å². The molecule has 0 N–H and O–H groups in total. The molecule has 0 fully saturated rings. The Labute approximate surface area is 246 Å². The Kier molecular flexibility index (Phi) is 4.86. The number of para-hydroxylation sites is 1. The molecular formula is C36H20BrNS2. The molecule has 0 atom stereocenters. The van der Waals surface area contributed by atoms with Crippen molar-refractivity contribution in [2.24, 2.45) is 0 Å². The lowest BCUT2D eigenvalue weighted by Crippen LogP contribution is -1.92.